The molecule has 0 spiro atoms. The lowest BCUT2D eigenvalue weighted by atomic mass is 9.96. The van der Waals surface area contributed by atoms with Gasteiger partial charge in [0, 0.05) is 50.9 Å². The molecule has 0 bridgehead atoms. The Morgan fingerprint density at radius 3 is 1.08 bits per heavy atom. The van der Waals surface area contributed by atoms with Gasteiger partial charge in [0.1, 0.15) is 0 Å². The fourth-order valence-electron chi connectivity index (χ4n) is 6.60. The Labute approximate surface area is 200 Å². The maximum absolute atomic E-state index is 6.08. The highest BCUT2D eigenvalue weighted by atomic mass is 16.3. The van der Waals surface area contributed by atoms with Crippen molar-refractivity contribution in [3.63, 3.8) is 0 Å². The van der Waals surface area contributed by atoms with Crippen LogP contribution < -0.4 is 0 Å². The van der Waals surface area contributed by atoms with Gasteiger partial charge in [-0.3, -0.25) is 0 Å². The van der Waals surface area contributed by atoms with Crippen LogP contribution in [0.1, 0.15) is 0 Å². The summed E-state index contributed by atoms with van der Waals surface area (Å²) >= 11 is 0. The average Bonchev–Trinajstić information content (AvgIpc) is 3.73. The van der Waals surface area contributed by atoms with Crippen LogP contribution in [0.3, 0.4) is 0 Å². The van der Waals surface area contributed by atoms with Gasteiger partial charge in [0.15, 0.2) is 16.7 Å². The van der Waals surface area contributed by atoms with Gasteiger partial charge < -0.3 is 26.5 Å². The molecule has 36 heavy (non-hydrogen) atoms. The second kappa shape index (κ2) is 5.58. The lowest BCUT2D eigenvalue weighted by Crippen LogP contribution is -1.99. The van der Waals surface area contributed by atoms with E-state index in [0.29, 0.717) is 0 Å². The number of hydrogen-bond donors (Lipinski definition) is 0. The molecule has 6 nitrogen and oxygen atoms in total. The maximum atomic E-state index is 6.08. The minimum Gasteiger partial charge on any atom is -0.462 e. The fraction of sp³-hybridized carbons (Fsp3) is 0. The number of benzene rings is 1. The van der Waals surface area contributed by atoms with Crippen LogP contribution in [0.4, 0.5) is 0 Å². The summed E-state index contributed by atoms with van der Waals surface area (Å²) in [5, 5.41) is 6.69. The van der Waals surface area contributed by atoms with E-state index < -0.39 is 0 Å². The molecular formula is C30H15N3O3. The van der Waals surface area contributed by atoms with Gasteiger partial charge >= 0.3 is 0 Å². The van der Waals surface area contributed by atoms with Crippen molar-refractivity contribution >= 4 is 82.2 Å². The summed E-state index contributed by atoms with van der Waals surface area (Å²) in [6.45, 7) is 0. The molecule has 0 aliphatic rings. The van der Waals surface area contributed by atoms with Gasteiger partial charge in [0.25, 0.3) is 0 Å². The summed E-state index contributed by atoms with van der Waals surface area (Å²) in [6.07, 6.45) is 11.7. The molecule has 10 aromatic rings. The van der Waals surface area contributed by atoms with E-state index in [4.69, 9.17) is 13.3 Å². The molecule has 0 saturated heterocycles. The number of hydrogen-bond acceptors (Lipinski definition) is 3. The standard InChI is InChI=1S/C30H15N3O3/c1-4-19-28-16(7-13-34-28)22-25(31(19)10-1)23-17-8-14-35-29(17)20-5-2-12-33(20)27(23)24-18-9-15-36-30(18)21-6-3-11-32(21)26(22)24/h1-15H. The first-order valence-corrected chi connectivity index (χ1v) is 11.9. The SMILES string of the molecule is c1cc2c3occc3c3c(c4c5ccoc5c5cccn5c4c4c5ccoc5c5cccn5c34)n2c1. The van der Waals surface area contributed by atoms with Gasteiger partial charge in [-0.15, -0.1) is 0 Å². The fourth-order valence-corrected chi connectivity index (χ4v) is 6.60. The highest BCUT2D eigenvalue weighted by Gasteiger charge is 2.25. The molecule has 0 saturated carbocycles. The molecule has 0 N–H and O–H groups in total. The van der Waals surface area contributed by atoms with Crippen molar-refractivity contribution in [3.8, 4) is 0 Å². The lowest BCUT2D eigenvalue weighted by molar-refractivity contribution is 0.618. The van der Waals surface area contributed by atoms with Gasteiger partial charge in [-0.2, -0.15) is 0 Å². The predicted octanol–water partition coefficient (Wildman–Crippen LogP) is 8.14. The summed E-state index contributed by atoms with van der Waals surface area (Å²) in [4.78, 5) is 0. The van der Waals surface area contributed by atoms with Crippen molar-refractivity contribution in [1.82, 2.24) is 13.2 Å². The molecule has 168 valence electrons. The van der Waals surface area contributed by atoms with Crippen molar-refractivity contribution in [2.24, 2.45) is 0 Å². The number of fused-ring (bicyclic) bond motifs is 21. The van der Waals surface area contributed by atoms with Crippen molar-refractivity contribution in [1.29, 1.82) is 0 Å². The lowest BCUT2D eigenvalue weighted by Gasteiger charge is -2.18. The molecule has 0 aliphatic carbocycles. The second-order valence-electron chi connectivity index (χ2n) is 9.45. The number of aromatic nitrogens is 3. The number of rotatable bonds is 0. The van der Waals surface area contributed by atoms with Crippen LogP contribution in [0, 0.1) is 0 Å². The van der Waals surface area contributed by atoms with Crippen LogP contribution in [0.25, 0.3) is 82.2 Å². The minimum absolute atomic E-state index is 0.881. The highest BCUT2D eigenvalue weighted by Crippen LogP contribution is 2.47. The summed E-state index contributed by atoms with van der Waals surface area (Å²) in [5.41, 5.74) is 9.16. The Bertz CT molecular complexity index is 2050. The Morgan fingerprint density at radius 1 is 0.417 bits per heavy atom. The number of nitrogens with zero attached hydrogens (tertiary/aromatic N) is 3. The van der Waals surface area contributed by atoms with E-state index in [1.807, 2.05) is 0 Å². The third-order valence-electron chi connectivity index (χ3n) is 7.89. The van der Waals surface area contributed by atoms with Crippen molar-refractivity contribution < 1.29 is 13.3 Å². The van der Waals surface area contributed by atoms with Crippen LogP contribution in [0.5, 0.6) is 0 Å². The van der Waals surface area contributed by atoms with Crippen LogP contribution in [-0.2, 0) is 0 Å². The molecule has 0 unspecified atom stereocenters. The molecule has 9 heterocycles. The van der Waals surface area contributed by atoms with E-state index in [2.05, 4.69) is 86.4 Å². The third-order valence-corrected chi connectivity index (χ3v) is 7.89. The molecule has 1 aromatic carbocycles. The number of furan rings is 3. The Morgan fingerprint density at radius 2 is 0.750 bits per heavy atom. The minimum atomic E-state index is 0.881. The Hall–Kier alpha value is -5.10. The van der Waals surface area contributed by atoms with Gasteiger partial charge in [0.05, 0.1) is 51.9 Å². The molecule has 0 aliphatic heterocycles. The van der Waals surface area contributed by atoms with Crippen LogP contribution in [-0.4, -0.2) is 13.2 Å². The molecule has 0 radical (unpaired) electrons. The predicted molar refractivity (Wildman–Crippen MR) is 141 cm³/mol. The third kappa shape index (κ3) is 1.70. The van der Waals surface area contributed by atoms with Crippen molar-refractivity contribution in [2.75, 3.05) is 0 Å². The van der Waals surface area contributed by atoms with Crippen molar-refractivity contribution in [3.05, 3.63) is 92.0 Å². The molecule has 10 rings (SSSR count). The first-order valence-electron chi connectivity index (χ1n) is 11.9. The molecule has 0 amide bonds. The molecule has 9 aromatic heterocycles. The first-order chi connectivity index (χ1) is 17.9. The van der Waals surface area contributed by atoms with E-state index in [0.717, 1.165) is 82.2 Å². The molecule has 0 atom stereocenters. The summed E-state index contributed by atoms with van der Waals surface area (Å²) in [6, 6.07) is 18.9. The van der Waals surface area contributed by atoms with Crippen LogP contribution in [0.15, 0.2) is 105 Å². The molecule has 6 heteroatoms. The first kappa shape index (κ1) is 17.4. The summed E-state index contributed by atoms with van der Waals surface area (Å²) in [7, 11) is 0. The zero-order valence-corrected chi connectivity index (χ0v) is 18.7. The largest absolute Gasteiger partial charge is 0.462 e. The quantitative estimate of drug-likeness (QED) is 0.212. The van der Waals surface area contributed by atoms with E-state index in [-0.39, 0.29) is 0 Å². The van der Waals surface area contributed by atoms with Gasteiger partial charge in [-0.25, -0.2) is 0 Å². The second-order valence-corrected chi connectivity index (χ2v) is 9.45. The van der Waals surface area contributed by atoms with E-state index in [1.54, 1.807) is 18.8 Å². The molecular weight excluding hydrogens is 450 g/mol. The van der Waals surface area contributed by atoms with E-state index >= 15 is 0 Å². The van der Waals surface area contributed by atoms with E-state index in [9.17, 15) is 0 Å². The van der Waals surface area contributed by atoms with Crippen LogP contribution >= 0.6 is 0 Å². The zero-order valence-electron chi connectivity index (χ0n) is 18.7. The van der Waals surface area contributed by atoms with Gasteiger partial charge in [-0.1, -0.05) is 0 Å². The van der Waals surface area contributed by atoms with Crippen LogP contribution in [0.2, 0.25) is 0 Å². The molecule has 0 fully saturated rings. The normalized spacial score (nSPS) is 13.0. The summed E-state index contributed by atoms with van der Waals surface area (Å²) < 4.78 is 25.0. The summed E-state index contributed by atoms with van der Waals surface area (Å²) in [5.74, 6) is 0. The topological polar surface area (TPSA) is 52.6 Å². The Balaban J connectivity index is 1.78. The van der Waals surface area contributed by atoms with Gasteiger partial charge in [0.2, 0.25) is 0 Å². The zero-order chi connectivity index (χ0) is 23.1. The van der Waals surface area contributed by atoms with Crippen molar-refractivity contribution in [2.45, 2.75) is 0 Å². The van der Waals surface area contributed by atoms with E-state index in [1.165, 1.54) is 0 Å². The highest BCUT2D eigenvalue weighted by molar-refractivity contribution is 6.38. The number of pyridine rings is 3. The monoisotopic (exact) mass is 465 g/mol. The Kier molecular flexibility index (Phi) is 2.69. The average molecular weight is 465 g/mol. The maximum Gasteiger partial charge on any atom is 0.158 e. The van der Waals surface area contributed by atoms with Gasteiger partial charge in [-0.05, 0) is 54.6 Å². The smallest absolute Gasteiger partial charge is 0.158 e.